The monoisotopic (exact) mass is 284 g/mol. The number of amides is 2. The number of carbonyl (C=O) groups excluding carboxylic acids is 2. The molecule has 2 rings (SSSR count). The number of hydrogen-bond donors (Lipinski definition) is 1. The highest BCUT2D eigenvalue weighted by molar-refractivity contribution is 6.02. The van der Waals surface area contributed by atoms with Crippen LogP contribution in [0, 0.1) is 0 Å². The maximum atomic E-state index is 12.2. The number of benzene rings is 1. The molecular weight excluding hydrogens is 268 g/mol. The SMILES string of the molecule is COCCN1CCc2c(C(N)=O)cccc2C1=O.Cl. The average Bonchev–Trinajstić information content (AvgIpc) is 2.37. The highest BCUT2D eigenvalue weighted by atomic mass is 35.5. The second-order valence-electron chi connectivity index (χ2n) is 4.23. The molecule has 0 unspecified atom stereocenters. The number of primary amides is 1. The first-order valence-electron chi connectivity index (χ1n) is 5.85. The second-order valence-corrected chi connectivity index (χ2v) is 4.23. The van der Waals surface area contributed by atoms with Crippen molar-refractivity contribution in [3.8, 4) is 0 Å². The second kappa shape index (κ2) is 6.54. The molecule has 0 saturated carbocycles. The van der Waals surface area contributed by atoms with Gasteiger partial charge in [-0.25, -0.2) is 0 Å². The molecule has 104 valence electrons. The summed E-state index contributed by atoms with van der Waals surface area (Å²) >= 11 is 0. The maximum Gasteiger partial charge on any atom is 0.254 e. The van der Waals surface area contributed by atoms with Gasteiger partial charge in [0, 0.05) is 31.3 Å². The van der Waals surface area contributed by atoms with Gasteiger partial charge in [0.25, 0.3) is 5.91 Å². The van der Waals surface area contributed by atoms with Crippen molar-refractivity contribution in [1.29, 1.82) is 0 Å². The van der Waals surface area contributed by atoms with Crippen LogP contribution in [0.4, 0.5) is 0 Å². The molecule has 0 aromatic heterocycles. The van der Waals surface area contributed by atoms with E-state index < -0.39 is 5.91 Å². The molecular formula is C13H17ClN2O3. The van der Waals surface area contributed by atoms with Gasteiger partial charge in [0.2, 0.25) is 5.91 Å². The third-order valence-corrected chi connectivity index (χ3v) is 3.16. The number of ether oxygens (including phenoxy) is 1. The van der Waals surface area contributed by atoms with Crippen LogP contribution in [0.1, 0.15) is 26.3 Å². The number of hydrogen-bond acceptors (Lipinski definition) is 3. The number of carbonyl (C=O) groups is 2. The van der Waals surface area contributed by atoms with Crippen molar-refractivity contribution < 1.29 is 14.3 Å². The largest absolute Gasteiger partial charge is 0.383 e. The molecule has 0 bridgehead atoms. The standard InChI is InChI=1S/C13H16N2O3.ClH/c1-18-8-7-15-6-5-9-10(12(14)16)3-2-4-11(9)13(15)17;/h2-4H,5-8H2,1H3,(H2,14,16);1H. The Kier molecular flexibility index (Phi) is 5.32. The van der Waals surface area contributed by atoms with Crippen molar-refractivity contribution in [3.05, 3.63) is 34.9 Å². The molecule has 2 N–H and O–H groups in total. The van der Waals surface area contributed by atoms with Gasteiger partial charge in [0.1, 0.15) is 0 Å². The molecule has 5 nitrogen and oxygen atoms in total. The Morgan fingerprint density at radius 1 is 1.47 bits per heavy atom. The highest BCUT2D eigenvalue weighted by Crippen LogP contribution is 2.22. The fraction of sp³-hybridized carbons (Fsp3) is 0.385. The van der Waals surface area contributed by atoms with E-state index in [0.717, 1.165) is 5.56 Å². The van der Waals surface area contributed by atoms with Crippen LogP contribution in [0.15, 0.2) is 18.2 Å². The number of methoxy groups -OCH3 is 1. The molecule has 0 spiro atoms. The van der Waals surface area contributed by atoms with E-state index in [1.807, 2.05) is 0 Å². The highest BCUT2D eigenvalue weighted by Gasteiger charge is 2.26. The van der Waals surface area contributed by atoms with Crippen molar-refractivity contribution in [3.63, 3.8) is 0 Å². The fourth-order valence-electron chi connectivity index (χ4n) is 2.22. The van der Waals surface area contributed by atoms with Gasteiger partial charge in [-0.15, -0.1) is 12.4 Å². The van der Waals surface area contributed by atoms with Crippen molar-refractivity contribution in [2.75, 3.05) is 26.8 Å². The summed E-state index contributed by atoms with van der Waals surface area (Å²) in [6, 6.07) is 5.10. The predicted octanol–water partition coefficient (Wildman–Crippen LogP) is 0.852. The Hall–Kier alpha value is -1.59. The van der Waals surface area contributed by atoms with Gasteiger partial charge in [-0.3, -0.25) is 9.59 Å². The first kappa shape index (κ1) is 15.5. The summed E-state index contributed by atoms with van der Waals surface area (Å²) < 4.78 is 4.97. The lowest BCUT2D eigenvalue weighted by atomic mass is 9.93. The number of nitrogens with zero attached hydrogens (tertiary/aromatic N) is 1. The zero-order chi connectivity index (χ0) is 13.1. The molecule has 19 heavy (non-hydrogen) atoms. The van der Waals surface area contributed by atoms with E-state index in [9.17, 15) is 9.59 Å². The number of halogens is 1. The summed E-state index contributed by atoms with van der Waals surface area (Å²) in [6.07, 6.45) is 0.657. The maximum absolute atomic E-state index is 12.2. The minimum absolute atomic E-state index is 0. The molecule has 0 fully saturated rings. The van der Waals surface area contributed by atoms with Gasteiger partial charge < -0.3 is 15.4 Å². The minimum atomic E-state index is -0.481. The zero-order valence-electron chi connectivity index (χ0n) is 10.7. The van der Waals surface area contributed by atoms with E-state index in [2.05, 4.69) is 0 Å². The Bertz CT molecular complexity index is 491. The van der Waals surface area contributed by atoms with E-state index in [0.29, 0.717) is 37.2 Å². The molecule has 0 saturated heterocycles. The van der Waals surface area contributed by atoms with Gasteiger partial charge in [0.15, 0.2) is 0 Å². The van der Waals surface area contributed by atoms with Crippen LogP contribution < -0.4 is 5.73 Å². The lowest BCUT2D eigenvalue weighted by Gasteiger charge is -2.29. The van der Waals surface area contributed by atoms with Crippen LogP contribution in [0.25, 0.3) is 0 Å². The Balaban J connectivity index is 0.00000180. The van der Waals surface area contributed by atoms with Crippen LogP contribution >= 0.6 is 12.4 Å². The molecule has 6 heteroatoms. The molecule has 1 heterocycles. The number of rotatable bonds is 4. The first-order chi connectivity index (χ1) is 8.65. The molecule has 1 aliphatic rings. The van der Waals surface area contributed by atoms with E-state index in [1.54, 1.807) is 30.2 Å². The molecule has 0 aliphatic carbocycles. The summed E-state index contributed by atoms with van der Waals surface area (Å²) in [4.78, 5) is 25.3. The minimum Gasteiger partial charge on any atom is -0.383 e. The van der Waals surface area contributed by atoms with Gasteiger partial charge in [0.05, 0.1) is 6.61 Å². The fourth-order valence-corrected chi connectivity index (χ4v) is 2.22. The van der Waals surface area contributed by atoms with Crippen molar-refractivity contribution in [2.24, 2.45) is 5.73 Å². The van der Waals surface area contributed by atoms with Crippen molar-refractivity contribution in [2.45, 2.75) is 6.42 Å². The van der Waals surface area contributed by atoms with Crippen LogP contribution in [0.2, 0.25) is 0 Å². The van der Waals surface area contributed by atoms with Gasteiger partial charge >= 0.3 is 0 Å². The van der Waals surface area contributed by atoms with E-state index in [1.165, 1.54) is 0 Å². The normalized spacial score (nSPS) is 13.7. The van der Waals surface area contributed by atoms with E-state index >= 15 is 0 Å². The quantitative estimate of drug-likeness (QED) is 0.891. The summed E-state index contributed by atoms with van der Waals surface area (Å²) in [5.74, 6) is -0.540. The molecule has 0 radical (unpaired) electrons. The predicted molar refractivity (Wildman–Crippen MR) is 73.7 cm³/mol. The third-order valence-electron chi connectivity index (χ3n) is 3.16. The molecule has 0 atom stereocenters. The zero-order valence-corrected chi connectivity index (χ0v) is 11.5. The topological polar surface area (TPSA) is 72.6 Å². The van der Waals surface area contributed by atoms with E-state index in [-0.39, 0.29) is 18.3 Å². The molecule has 1 aliphatic heterocycles. The lowest BCUT2D eigenvalue weighted by Crippen LogP contribution is -2.40. The third kappa shape index (κ3) is 3.05. The summed E-state index contributed by atoms with van der Waals surface area (Å²) in [7, 11) is 1.60. The first-order valence-corrected chi connectivity index (χ1v) is 5.85. The smallest absolute Gasteiger partial charge is 0.254 e. The summed E-state index contributed by atoms with van der Waals surface area (Å²) in [6.45, 7) is 1.67. The number of fused-ring (bicyclic) bond motifs is 1. The van der Waals surface area contributed by atoms with Crippen molar-refractivity contribution in [1.82, 2.24) is 4.90 Å². The Labute approximate surface area is 118 Å². The van der Waals surface area contributed by atoms with Crippen LogP contribution in [-0.4, -0.2) is 43.5 Å². The van der Waals surface area contributed by atoms with Crippen LogP contribution in [-0.2, 0) is 11.2 Å². The van der Waals surface area contributed by atoms with Crippen LogP contribution in [0.3, 0.4) is 0 Å². The Morgan fingerprint density at radius 3 is 2.84 bits per heavy atom. The Morgan fingerprint density at radius 2 is 2.21 bits per heavy atom. The van der Waals surface area contributed by atoms with Gasteiger partial charge in [-0.2, -0.15) is 0 Å². The van der Waals surface area contributed by atoms with Gasteiger partial charge in [-0.05, 0) is 24.1 Å². The molecule has 2 amide bonds. The van der Waals surface area contributed by atoms with Gasteiger partial charge in [-0.1, -0.05) is 6.07 Å². The van der Waals surface area contributed by atoms with E-state index in [4.69, 9.17) is 10.5 Å². The lowest BCUT2D eigenvalue weighted by molar-refractivity contribution is 0.0678. The van der Waals surface area contributed by atoms with Crippen LogP contribution in [0.5, 0.6) is 0 Å². The summed E-state index contributed by atoms with van der Waals surface area (Å²) in [5, 5.41) is 0. The summed E-state index contributed by atoms with van der Waals surface area (Å²) in [5.41, 5.74) is 7.11. The molecule has 1 aromatic carbocycles. The van der Waals surface area contributed by atoms with Crippen molar-refractivity contribution >= 4 is 24.2 Å². The average molecular weight is 285 g/mol. The number of nitrogens with two attached hydrogens (primary N) is 1. The molecule has 1 aromatic rings.